The Labute approximate surface area is 136 Å². The molecule has 0 amide bonds. The highest BCUT2D eigenvalue weighted by molar-refractivity contribution is 5.93. The summed E-state index contributed by atoms with van der Waals surface area (Å²) in [5.41, 5.74) is 1.36. The molecule has 0 spiro atoms. The summed E-state index contributed by atoms with van der Waals surface area (Å²) in [5.74, 6) is 1.92. The summed E-state index contributed by atoms with van der Waals surface area (Å²) in [6, 6.07) is 0. The first-order valence-electron chi connectivity index (χ1n) is 9.06. The summed E-state index contributed by atoms with van der Waals surface area (Å²) in [5, 5.41) is 0. The van der Waals surface area contributed by atoms with Crippen LogP contribution in [0.25, 0.3) is 0 Å². The van der Waals surface area contributed by atoms with Crippen LogP contribution in [0.2, 0.25) is 0 Å². The molecule has 1 fully saturated rings. The summed E-state index contributed by atoms with van der Waals surface area (Å²) in [6.07, 6.45) is 11.9. The van der Waals surface area contributed by atoms with E-state index in [-0.39, 0.29) is 16.2 Å². The van der Waals surface area contributed by atoms with Crippen molar-refractivity contribution in [3.8, 4) is 0 Å². The Bertz CT molecular complexity index is 554. The van der Waals surface area contributed by atoms with Crippen LogP contribution in [0.5, 0.6) is 0 Å². The molecule has 22 heavy (non-hydrogen) atoms. The van der Waals surface area contributed by atoms with Crippen LogP contribution in [0.15, 0.2) is 23.8 Å². The van der Waals surface area contributed by atoms with Crippen molar-refractivity contribution in [2.24, 2.45) is 34.0 Å². The molecule has 0 heterocycles. The second kappa shape index (κ2) is 4.82. The number of rotatable bonds is 1. The Morgan fingerprint density at radius 2 is 1.86 bits per heavy atom. The normalized spacial score (nSPS) is 48.0. The third kappa shape index (κ3) is 1.93. The van der Waals surface area contributed by atoms with Gasteiger partial charge in [-0.1, -0.05) is 51.5 Å². The summed E-state index contributed by atoms with van der Waals surface area (Å²) >= 11 is 0. The van der Waals surface area contributed by atoms with Crippen molar-refractivity contribution in [3.63, 3.8) is 0 Å². The van der Waals surface area contributed by atoms with Crippen LogP contribution in [-0.2, 0) is 4.79 Å². The van der Waals surface area contributed by atoms with Gasteiger partial charge in [-0.05, 0) is 62.7 Å². The number of hydrogen-bond acceptors (Lipinski definition) is 1. The predicted octanol–water partition coefficient (Wildman–Crippen LogP) is 5.57. The van der Waals surface area contributed by atoms with Crippen molar-refractivity contribution in [3.05, 3.63) is 23.8 Å². The molecule has 0 N–H and O–H groups in total. The summed E-state index contributed by atoms with van der Waals surface area (Å²) < 4.78 is 0. The first kappa shape index (κ1) is 16.0. The van der Waals surface area contributed by atoms with Gasteiger partial charge < -0.3 is 0 Å². The van der Waals surface area contributed by atoms with Crippen LogP contribution in [0, 0.1) is 34.0 Å². The fourth-order valence-corrected chi connectivity index (χ4v) is 5.54. The molecule has 0 bridgehead atoms. The number of Topliss-reactive ketones (excluding diaryl/α,β-unsaturated/α-hetero) is 1. The minimum atomic E-state index is -0.283. The van der Waals surface area contributed by atoms with E-state index in [4.69, 9.17) is 0 Å². The van der Waals surface area contributed by atoms with E-state index in [9.17, 15) is 4.79 Å². The van der Waals surface area contributed by atoms with Gasteiger partial charge in [0.05, 0.1) is 0 Å². The van der Waals surface area contributed by atoms with Crippen LogP contribution in [0.1, 0.15) is 67.2 Å². The van der Waals surface area contributed by atoms with E-state index < -0.39 is 0 Å². The Morgan fingerprint density at radius 1 is 1.18 bits per heavy atom. The van der Waals surface area contributed by atoms with Crippen molar-refractivity contribution in [2.45, 2.75) is 67.2 Å². The molecule has 0 aromatic heterocycles. The lowest BCUT2D eigenvalue weighted by Crippen LogP contribution is -2.57. The molecule has 5 atom stereocenters. The number of allylic oxidation sites excluding steroid dienone is 4. The summed E-state index contributed by atoms with van der Waals surface area (Å²) in [6.45, 7) is 13.5. The van der Waals surface area contributed by atoms with Gasteiger partial charge in [0.15, 0.2) is 0 Å². The van der Waals surface area contributed by atoms with Crippen LogP contribution in [-0.4, -0.2) is 5.78 Å². The zero-order chi connectivity index (χ0) is 16.3. The third-order valence-electron chi connectivity index (χ3n) is 7.60. The van der Waals surface area contributed by atoms with E-state index in [0.29, 0.717) is 23.5 Å². The highest BCUT2D eigenvalue weighted by Gasteiger charge is 2.60. The molecule has 0 radical (unpaired) electrons. The highest BCUT2D eigenvalue weighted by Crippen LogP contribution is 2.63. The molecule has 0 aromatic carbocycles. The summed E-state index contributed by atoms with van der Waals surface area (Å²) in [4.78, 5) is 13.5. The number of fused-ring (bicyclic) bond motifs is 3. The maximum absolute atomic E-state index is 13.5. The lowest BCUT2D eigenvalue weighted by molar-refractivity contribution is -0.150. The topological polar surface area (TPSA) is 17.1 Å². The standard InChI is InChI=1S/C21H32O/c1-14(2)19(4)12-9-17-20(5)10-7-15(3)13-16(20)8-11-21(17,6)18(19)22/h9,12-14,16-17H,7-8,10-11H2,1-6H3. The van der Waals surface area contributed by atoms with Gasteiger partial charge >= 0.3 is 0 Å². The van der Waals surface area contributed by atoms with E-state index in [1.165, 1.54) is 19.3 Å². The van der Waals surface area contributed by atoms with Gasteiger partial charge in [-0.15, -0.1) is 0 Å². The van der Waals surface area contributed by atoms with Crippen molar-refractivity contribution in [1.29, 1.82) is 0 Å². The van der Waals surface area contributed by atoms with Gasteiger partial charge in [0.1, 0.15) is 5.78 Å². The van der Waals surface area contributed by atoms with Crippen LogP contribution in [0.4, 0.5) is 0 Å². The molecule has 122 valence electrons. The minimum absolute atomic E-state index is 0.169. The fraction of sp³-hybridized carbons (Fsp3) is 0.762. The molecule has 0 aromatic rings. The molecular formula is C21H32O. The minimum Gasteiger partial charge on any atom is -0.298 e. The molecule has 3 aliphatic carbocycles. The van der Waals surface area contributed by atoms with E-state index >= 15 is 0 Å². The molecule has 1 saturated carbocycles. The fourth-order valence-electron chi connectivity index (χ4n) is 5.54. The number of ketones is 1. The number of carbonyl (C=O) groups is 1. The lowest BCUT2D eigenvalue weighted by atomic mass is 9.44. The number of carbonyl (C=O) groups excluding carboxylic acids is 1. The Balaban J connectivity index is 2.07. The van der Waals surface area contributed by atoms with Crippen molar-refractivity contribution >= 4 is 5.78 Å². The molecule has 1 heteroatoms. The average Bonchev–Trinajstić information content (AvgIpc) is 2.45. The summed E-state index contributed by atoms with van der Waals surface area (Å²) in [7, 11) is 0. The molecule has 1 nitrogen and oxygen atoms in total. The average molecular weight is 300 g/mol. The van der Waals surface area contributed by atoms with Crippen molar-refractivity contribution in [1.82, 2.24) is 0 Å². The maximum Gasteiger partial charge on any atom is 0.149 e. The van der Waals surface area contributed by atoms with Crippen LogP contribution in [0.3, 0.4) is 0 Å². The predicted molar refractivity (Wildman–Crippen MR) is 92.5 cm³/mol. The zero-order valence-corrected chi connectivity index (χ0v) is 15.2. The number of hydrogen-bond donors (Lipinski definition) is 0. The molecule has 5 unspecified atom stereocenters. The van der Waals surface area contributed by atoms with Crippen LogP contribution < -0.4 is 0 Å². The van der Waals surface area contributed by atoms with Gasteiger partial charge in [-0.3, -0.25) is 4.79 Å². The van der Waals surface area contributed by atoms with Gasteiger partial charge in [-0.2, -0.15) is 0 Å². The van der Waals surface area contributed by atoms with Gasteiger partial charge in [0.2, 0.25) is 0 Å². The molecular weight excluding hydrogens is 268 g/mol. The molecule has 3 aliphatic rings. The van der Waals surface area contributed by atoms with Crippen LogP contribution >= 0.6 is 0 Å². The van der Waals surface area contributed by atoms with Crippen molar-refractivity contribution < 1.29 is 4.79 Å². The van der Waals surface area contributed by atoms with Crippen molar-refractivity contribution in [2.75, 3.05) is 0 Å². The Kier molecular flexibility index (Phi) is 3.51. The second-order valence-electron chi connectivity index (χ2n) is 9.18. The first-order valence-corrected chi connectivity index (χ1v) is 9.06. The van der Waals surface area contributed by atoms with Gasteiger partial charge in [-0.25, -0.2) is 0 Å². The van der Waals surface area contributed by atoms with E-state index in [0.717, 1.165) is 6.42 Å². The monoisotopic (exact) mass is 300 g/mol. The molecule has 3 rings (SSSR count). The second-order valence-corrected chi connectivity index (χ2v) is 9.18. The smallest absolute Gasteiger partial charge is 0.149 e. The highest BCUT2D eigenvalue weighted by atomic mass is 16.1. The quantitative estimate of drug-likeness (QED) is 0.579. The zero-order valence-electron chi connectivity index (χ0n) is 15.2. The van der Waals surface area contributed by atoms with Gasteiger partial charge in [0.25, 0.3) is 0 Å². The Hall–Kier alpha value is -0.850. The lowest BCUT2D eigenvalue weighted by Gasteiger charge is -2.59. The molecule has 0 saturated heterocycles. The third-order valence-corrected chi connectivity index (χ3v) is 7.60. The molecule has 0 aliphatic heterocycles. The maximum atomic E-state index is 13.5. The first-order chi connectivity index (χ1) is 10.1. The SMILES string of the molecule is CC1=CC2CCC3(C)C(=O)C(C)(C(C)C)C=CC3C2(C)CC1. The Morgan fingerprint density at radius 3 is 2.50 bits per heavy atom. The van der Waals surface area contributed by atoms with E-state index in [1.807, 2.05) is 0 Å². The van der Waals surface area contributed by atoms with Gasteiger partial charge in [0, 0.05) is 10.8 Å². The van der Waals surface area contributed by atoms with E-state index in [1.54, 1.807) is 5.57 Å². The van der Waals surface area contributed by atoms with E-state index in [2.05, 4.69) is 59.8 Å². The largest absolute Gasteiger partial charge is 0.298 e.